The van der Waals surface area contributed by atoms with E-state index in [1.807, 2.05) is 30.1 Å². The standard InChI is InChI=1S/C13H21NO2S3/c1-14-11(4-3-7-19(2,15)16)13-8-10-9-17-6-5-12(10)18-13/h8,11,14H,3-7,9H2,1-2H3. The van der Waals surface area contributed by atoms with Gasteiger partial charge in [-0.3, -0.25) is 0 Å². The van der Waals surface area contributed by atoms with Crippen molar-refractivity contribution in [2.24, 2.45) is 0 Å². The average Bonchev–Trinajstić information content (AvgIpc) is 2.76. The molecule has 3 nitrogen and oxygen atoms in total. The van der Waals surface area contributed by atoms with Gasteiger partial charge in [-0.1, -0.05) is 0 Å². The minimum Gasteiger partial charge on any atom is -0.312 e. The van der Waals surface area contributed by atoms with Crippen molar-refractivity contribution in [3.8, 4) is 0 Å². The second-order valence-electron chi connectivity index (χ2n) is 5.01. The van der Waals surface area contributed by atoms with Crippen LogP contribution in [0.25, 0.3) is 0 Å². The molecule has 2 rings (SSSR count). The number of sulfone groups is 1. The quantitative estimate of drug-likeness (QED) is 0.875. The summed E-state index contributed by atoms with van der Waals surface area (Å²) in [6, 6.07) is 2.61. The number of fused-ring (bicyclic) bond motifs is 1. The van der Waals surface area contributed by atoms with E-state index in [0.717, 1.165) is 18.6 Å². The van der Waals surface area contributed by atoms with Crippen LogP contribution >= 0.6 is 23.1 Å². The van der Waals surface area contributed by atoms with Crippen LogP contribution in [0.15, 0.2) is 6.07 Å². The maximum absolute atomic E-state index is 11.2. The predicted octanol–water partition coefficient (Wildman–Crippen LogP) is 2.62. The van der Waals surface area contributed by atoms with E-state index in [4.69, 9.17) is 0 Å². The zero-order valence-electron chi connectivity index (χ0n) is 11.4. The van der Waals surface area contributed by atoms with Gasteiger partial charge in [0.25, 0.3) is 0 Å². The summed E-state index contributed by atoms with van der Waals surface area (Å²) in [5.41, 5.74) is 1.49. The molecule has 0 aromatic carbocycles. The van der Waals surface area contributed by atoms with Gasteiger partial charge < -0.3 is 5.32 Å². The number of thiophene rings is 1. The Bertz CT molecular complexity index is 498. The summed E-state index contributed by atoms with van der Waals surface area (Å²) in [6.45, 7) is 0. The Labute approximate surface area is 124 Å². The normalized spacial score (nSPS) is 17.2. The van der Waals surface area contributed by atoms with Crippen LogP contribution in [0.5, 0.6) is 0 Å². The second-order valence-corrected chi connectivity index (χ2v) is 9.55. The lowest BCUT2D eigenvalue weighted by atomic mass is 10.1. The van der Waals surface area contributed by atoms with Gasteiger partial charge >= 0.3 is 0 Å². The summed E-state index contributed by atoms with van der Waals surface area (Å²) in [7, 11) is -0.883. The van der Waals surface area contributed by atoms with Crippen molar-refractivity contribution < 1.29 is 8.42 Å². The third-order valence-electron chi connectivity index (χ3n) is 3.35. The first-order chi connectivity index (χ1) is 8.99. The Morgan fingerprint density at radius 2 is 2.26 bits per heavy atom. The Balaban J connectivity index is 1.99. The fourth-order valence-electron chi connectivity index (χ4n) is 2.32. The molecule has 1 aromatic rings. The number of nitrogens with one attached hydrogen (secondary N) is 1. The van der Waals surface area contributed by atoms with E-state index in [1.54, 1.807) is 0 Å². The van der Waals surface area contributed by atoms with Crippen molar-refractivity contribution in [3.63, 3.8) is 0 Å². The lowest BCUT2D eigenvalue weighted by Gasteiger charge is -2.13. The second kappa shape index (κ2) is 6.61. The summed E-state index contributed by atoms with van der Waals surface area (Å²) in [5.74, 6) is 2.64. The highest BCUT2D eigenvalue weighted by atomic mass is 32.2. The minimum atomic E-state index is -2.84. The molecule has 0 aliphatic carbocycles. The van der Waals surface area contributed by atoms with Crippen LogP contribution in [0.3, 0.4) is 0 Å². The summed E-state index contributed by atoms with van der Waals surface area (Å²) in [5, 5.41) is 3.32. The maximum Gasteiger partial charge on any atom is 0.147 e. The largest absolute Gasteiger partial charge is 0.312 e. The van der Waals surface area contributed by atoms with Crippen LogP contribution in [0, 0.1) is 0 Å². The number of hydrogen-bond acceptors (Lipinski definition) is 5. The Morgan fingerprint density at radius 1 is 1.47 bits per heavy atom. The van der Waals surface area contributed by atoms with Crippen molar-refractivity contribution in [1.82, 2.24) is 5.32 Å². The number of aryl methyl sites for hydroxylation is 1. The fourth-order valence-corrected chi connectivity index (χ4v) is 5.53. The number of rotatable bonds is 6. The van der Waals surface area contributed by atoms with Gasteiger partial charge in [-0.25, -0.2) is 8.42 Å². The summed E-state index contributed by atoms with van der Waals surface area (Å²) in [6.07, 6.45) is 4.10. The third-order valence-corrected chi connectivity index (χ3v) is 6.74. The highest BCUT2D eigenvalue weighted by Gasteiger charge is 2.18. The van der Waals surface area contributed by atoms with Gasteiger partial charge in [0.15, 0.2) is 0 Å². The predicted molar refractivity (Wildman–Crippen MR) is 84.9 cm³/mol. The molecule has 1 aromatic heterocycles. The van der Waals surface area contributed by atoms with E-state index < -0.39 is 9.84 Å². The van der Waals surface area contributed by atoms with Gasteiger partial charge in [0.1, 0.15) is 9.84 Å². The van der Waals surface area contributed by atoms with Crippen molar-refractivity contribution in [2.45, 2.75) is 31.1 Å². The van der Waals surface area contributed by atoms with Gasteiger partial charge in [-0.05, 0) is 43.7 Å². The van der Waals surface area contributed by atoms with Crippen LogP contribution in [0.2, 0.25) is 0 Å². The first-order valence-electron chi connectivity index (χ1n) is 6.54. The molecule has 0 fully saturated rings. The van der Waals surface area contributed by atoms with Crippen LogP contribution in [-0.4, -0.2) is 33.2 Å². The van der Waals surface area contributed by atoms with E-state index >= 15 is 0 Å². The molecule has 108 valence electrons. The van der Waals surface area contributed by atoms with Crippen molar-refractivity contribution in [2.75, 3.05) is 24.8 Å². The first kappa shape index (κ1) is 15.4. The number of thioether (sulfide) groups is 1. The van der Waals surface area contributed by atoms with Crippen molar-refractivity contribution in [1.29, 1.82) is 0 Å². The molecule has 0 spiro atoms. The van der Waals surface area contributed by atoms with Gasteiger partial charge in [-0.2, -0.15) is 11.8 Å². The lowest BCUT2D eigenvalue weighted by molar-refractivity contribution is 0.543. The van der Waals surface area contributed by atoms with Crippen LogP contribution in [0.4, 0.5) is 0 Å². The van der Waals surface area contributed by atoms with Crippen molar-refractivity contribution >= 4 is 32.9 Å². The van der Waals surface area contributed by atoms with Gasteiger partial charge in [0.05, 0.1) is 0 Å². The smallest absolute Gasteiger partial charge is 0.147 e. The molecule has 0 radical (unpaired) electrons. The van der Waals surface area contributed by atoms with E-state index in [0.29, 0.717) is 6.04 Å². The molecule has 19 heavy (non-hydrogen) atoms. The molecule has 1 aliphatic rings. The molecule has 1 aliphatic heterocycles. The third kappa shape index (κ3) is 4.48. The molecular formula is C13H21NO2S3. The zero-order valence-corrected chi connectivity index (χ0v) is 13.9. The molecule has 2 heterocycles. The van der Waals surface area contributed by atoms with Crippen molar-refractivity contribution in [3.05, 3.63) is 21.4 Å². The SMILES string of the molecule is CNC(CCCS(C)(=O)=O)c1cc2c(s1)CCSC2. The topological polar surface area (TPSA) is 46.2 Å². The first-order valence-corrected chi connectivity index (χ1v) is 10.6. The maximum atomic E-state index is 11.2. The van der Waals surface area contributed by atoms with E-state index in [9.17, 15) is 8.42 Å². The molecule has 1 atom stereocenters. The minimum absolute atomic E-state index is 0.284. The van der Waals surface area contributed by atoms with E-state index in [-0.39, 0.29) is 5.75 Å². The Kier molecular flexibility index (Phi) is 5.34. The molecule has 0 saturated carbocycles. The van der Waals surface area contributed by atoms with Gasteiger partial charge in [0.2, 0.25) is 0 Å². The summed E-state index contributed by atoms with van der Waals surface area (Å²) >= 11 is 3.90. The van der Waals surface area contributed by atoms with Gasteiger partial charge in [-0.15, -0.1) is 11.3 Å². The molecule has 0 bridgehead atoms. The van der Waals surface area contributed by atoms with Crippen LogP contribution in [0.1, 0.15) is 34.2 Å². The van der Waals surface area contributed by atoms with E-state index in [1.165, 1.54) is 33.7 Å². The fraction of sp³-hybridized carbons (Fsp3) is 0.692. The van der Waals surface area contributed by atoms with Gasteiger partial charge in [0, 0.05) is 33.6 Å². The summed E-state index contributed by atoms with van der Waals surface area (Å²) in [4.78, 5) is 2.89. The van der Waals surface area contributed by atoms with E-state index in [2.05, 4.69) is 11.4 Å². The highest BCUT2D eigenvalue weighted by Crippen LogP contribution is 2.35. The number of hydrogen-bond donors (Lipinski definition) is 1. The van der Waals surface area contributed by atoms with Crippen LogP contribution < -0.4 is 5.32 Å². The molecule has 1 unspecified atom stereocenters. The Morgan fingerprint density at radius 3 is 2.89 bits per heavy atom. The lowest BCUT2D eigenvalue weighted by Crippen LogP contribution is -2.16. The zero-order chi connectivity index (χ0) is 13.9. The Hall–Kier alpha value is -0.0400. The molecule has 0 saturated heterocycles. The van der Waals surface area contributed by atoms with Crippen LogP contribution in [-0.2, 0) is 22.0 Å². The molecule has 0 amide bonds. The molecule has 6 heteroatoms. The molecular weight excluding hydrogens is 298 g/mol. The highest BCUT2D eigenvalue weighted by molar-refractivity contribution is 7.98. The summed E-state index contributed by atoms with van der Waals surface area (Å²) < 4.78 is 22.4. The monoisotopic (exact) mass is 319 g/mol. The molecule has 1 N–H and O–H groups in total. The average molecular weight is 320 g/mol.